The molecule has 1 nitrogen and oxygen atoms in total. The van der Waals surface area contributed by atoms with Gasteiger partial charge in [0.1, 0.15) is 4.71 Å². The molecular weight excluding hydrogens is 198 g/mol. The van der Waals surface area contributed by atoms with E-state index in [0.29, 0.717) is 0 Å². The molecule has 0 unspecified atom stereocenters. The maximum Gasteiger partial charge on any atom is 0.123 e. The molecule has 1 aromatic rings. The fraction of sp³-hybridized carbons (Fsp3) is 0.400. The molecule has 2 aliphatic rings. The fourth-order valence-electron chi connectivity index (χ4n) is 1.84. The van der Waals surface area contributed by atoms with Crippen LogP contribution in [0.25, 0.3) is 0 Å². The Morgan fingerprint density at radius 1 is 1.15 bits per heavy atom. The van der Waals surface area contributed by atoms with Crippen LogP contribution in [-0.4, -0.2) is 16.2 Å². The number of rotatable bonds is 1. The second-order valence-electron chi connectivity index (χ2n) is 3.49. The standard InChI is InChI=1S/C10H11NS2/c1-2-4-9-7-11(10-12-13-10)6-5-8(9)3-1/h1-4,10H,5-7H2. The number of benzene rings is 1. The maximum atomic E-state index is 2.57. The molecule has 0 saturated carbocycles. The van der Waals surface area contributed by atoms with Gasteiger partial charge in [-0.15, -0.1) is 0 Å². The molecule has 0 atom stereocenters. The van der Waals surface area contributed by atoms with Crippen LogP contribution in [0.2, 0.25) is 0 Å². The zero-order valence-electron chi connectivity index (χ0n) is 7.27. The van der Waals surface area contributed by atoms with E-state index in [9.17, 15) is 0 Å². The molecule has 0 radical (unpaired) electrons. The summed E-state index contributed by atoms with van der Waals surface area (Å²) < 4.78 is 0.758. The highest BCUT2D eigenvalue weighted by Crippen LogP contribution is 2.55. The van der Waals surface area contributed by atoms with Gasteiger partial charge in [-0.05, 0) is 17.5 Å². The van der Waals surface area contributed by atoms with E-state index in [1.54, 1.807) is 5.56 Å². The van der Waals surface area contributed by atoms with Crippen LogP contribution in [0.3, 0.4) is 0 Å². The van der Waals surface area contributed by atoms with Crippen LogP contribution < -0.4 is 0 Å². The van der Waals surface area contributed by atoms with E-state index in [4.69, 9.17) is 0 Å². The Kier molecular flexibility index (Phi) is 2.04. The first-order chi connectivity index (χ1) is 6.43. The quantitative estimate of drug-likeness (QED) is 0.517. The molecule has 0 bridgehead atoms. The third-order valence-electron chi connectivity index (χ3n) is 2.64. The molecule has 1 fully saturated rings. The molecule has 68 valence electrons. The van der Waals surface area contributed by atoms with Crippen LogP contribution in [0.15, 0.2) is 24.3 Å². The van der Waals surface area contributed by atoms with Crippen molar-refractivity contribution in [3.8, 4) is 0 Å². The molecular formula is C10H11NS2. The second kappa shape index (κ2) is 3.23. The summed E-state index contributed by atoms with van der Waals surface area (Å²) in [6.45, 7) is 2.39. The highest BCUT2D eigenvalue weighted by Gasteiger charge is 2.33. The van der Waals surface area contributed by atoms with Gasteiger partial charge in [0, 0.05) is 13.1 Å². The van der Waals surface area contributed by atoms with Crippen LogP contribution >= 0.6 is 21.6 Å². The molecule has 0 amide bonds. The molecule has 0 spiro atoms. The summed E-state index contributed by atoms with van der Waals surface area (Å²) in [5, 5.41) is 0. The van der Waals surface area contributed by atoms with Crippen molar-refractivity contribution >= 4 is 21.6 Å². The van der Waals surface area contributed by atoms with Gasteiger partial charge in [0.15, 0.2) is 0 Å². The molecule has 2 heterocycles. The van der Waals surface area contributed by atoms with Gasteiger partial charge in [0.05, 0.1) is 0 Å². The highest BCUT2D eigenvalue weighted by molar-refractivity contribution is 8.92. The van der Waals surface area contributed by atoms with Crippen molar-refractivity contribution in [3.05, 3.63) is 35.4 Å². The van der Waals surface area contributed by atoms with Crippen LogP contribution in [0, 0.1) is 0 Å². The average molecular weight is 209 g/mol. The molecule has 13 heavy (non-hydrogen) atoms. The number of hydrogen-bond donors (Lipinski definition) is 0. The highest BCUT2D eigenvalue weighted by atomic mass is 33.2. The molecule has 1 aromatic carbocycles. The lowest BCUT2D eigenvalue weighted by molar-refractivity contribution is 0.288. The first-order valence-electron chi connectivity index (χ1n) is 4.56. The summed E-state index contributed by atoms with van der Waals surface area (Å²) in [7, 11) is 3.98. The molecule has 0 N–H and O–H groups in total. The normalized spacial score (nSPS) is 22.8. The van der Waals surface area contributed by atoms with Crippen molar-refractivity contribution in [1.29, 1.82) is 0 Å². The molecule has 0 aliphatic carbocycles. The van der Waals surface area contributed by atoms with Crippen molar-refractivity contribution in [2.75, 3.05) is 6.54 Å². The first kappa shape index (κ1) is 8.21. The van der Waals surface area contributed by atoms with E-state index >= 15 is 0 Å². The third kappa shape index (κ3) is 1.60. The molecule has 1 saturated heterocycles. The van der Waals surface area contributed by atoms with E-state index in [1.165, 1.54) is 18.5 Å². The number of fused-ring (bicyclic) bond motifs is 1. The van der Waals surface area contributed by atoms with Crippen molar-refractivity contribution in [3.63, 3.8) is 0 Å². The Hall–Kier alpha value is -0.120. The van der Waals surface area contributed by atoms with E-state index in [1.807, 2.05) is 21.6 Å². The Labute approximate surface area is 86.3 Å². The van der Waals surface area contributed by atoms with Gasteiger partial charge >= 0.3 is 0 Å². The van der Waals surface area contributed by atoms with Crippen LogP contribution in [-0.2, 0) is 13.0 Å². The van der Waals surface area contributed by atoms with Crippen molar-refractivity contribution < 1.29 is 0 Å². The van der Waals surface area contributed by atoms with Gasteiger partial charge in [-0.25, -0.2) is 0 Å². The average Bonchev–Trinajstić information content (AvgIpc) is 3.00. The number of hydrogen-bond acceptors (Lipinski definition) is 3. The fourth-order valence-corrected chi connectivity index (χ4v) is 3.38. The summed E-state index contributed by atoms with van der Waals surface area (Å²) in [5.74, 6) is 0. The summed E-state index contributed by atoms with van der Waals surface area (Å²) in [6.07, 6.45) is 1.23. The maximum absolute atomic E-state index is 2.57. The van der Waals surface area contributed by atoms with E-state index in [0.717, 1.165) is 11.3 Å². The lowest BCUT2D eigenvalue weighted by atomic mass is 10.0. The van der Waals surface area contributed by atoms with Gasteiger partial charge in [-0.1, -0.05) is 45.9 Å². The Morgan fingerprint density at radius 3 is 2.69 bits per heavy atom. The molecule has 3 heteroatoms. The zero-order valence-corrected chi connectivity index (χ0v) is 8.90. The van der Waals surface area contributed by atoms with Crippen LogP contribution in [0.5, 0.6) is 0 Å². The minimum Gasteiger partial charge on any atom is -0.277 e. The third-order valence-corrected chi connectivity index (χ3v) is 4.70. The minimum atomic E-state index is 0.758. The van der Waals surface area contributed by atoms with E-state index in [2.05, 4.69) is 29.2 Å². The van der Waals surface area contributed by atoms with Gasteiger partial charge in [0.25, 0.3) is 0 Å². The van der Waals surface area contributed by atoms with Gasteiger partial charge in [-0.2, -0.15) is 0 Å². The van der Waals surface area contributed by atoms with Crippen molar-refractivity contribution in [2.45, 2.75) is 17.7 Å². The topological polar surface area (TPSA) is 3.24 Å². The van der Waals surface area contributed by atoms with E-state index < -0.39 is 0 Å². The lowest BCUT2D eigenvalue weighted by Gasteiger charge is -2.26. The molecule has 0 aromatic heterocycles. The largest absolute Gasteiger partial charge is 0.277 e. The Bertz CT molecular complexity index is 322. The minimum absolute atomic E-state index is 0.758. The predicted molar refractivity (Wildman–Crippen MR) is 59.5 cm³/mol. The Morgan fingerprint density at radius 2 is 1.92 bits per heavy atom. The SMILES string of the molecule is c1ccc2c(c1)CCN(C1SS1)C2. The second-order valence-corrected chi connectivity index (χ2v) is 6.22. The zero-order chi connectivity index (χ0) is 8.67. The van der Waals surface area contributed by atoms with Crippen LogP contribution in [0.1, 0.15) is 11.1 Å². The monoisotopic (exact) mass is 209 g/mol. The smallest absolute Gasteiger partial charge is 0.123 e. The van der Waals surface area contributed by atoms with Gasteiger partial charge in [0.2, 0.25) is 0 Å². The van der Waals surface area contributed by atoms with E-state index in [-0.39, 0.29) is 0 Å². The predicted octanol–water partition coefficient (Wildman–Crippen LogP) is 2.72. The van der Waals surface area contributed by atoms with Crippen LogP contribution in [0.4, 0.5) is 0 Å². The first-order valence-corrected chi connectivity index (χ1v) is 6.84. The summed E-state index contributed by atoms with van der Waals surface area (Å²) in [6, 6.07) is 8.82. The molecule has 3 rings (SSSR count). The van der Waals surface area contributed by atoms with Gasteiger partial charge < -0.3 is 0 Å². The summed E-state index contributed by atoms with van der Waals surface area (Å²) >= 11 is 0. The summed E-state index contributed by atoms with van der Waals surface area (Å²) in [4.78, 5) is 2.57. The Balaban J connectivity index is 1.85. The van der Waals surface area contributed by atoms with Crippen molar-refractivity contribution in [2.24, 2.45) is 0 Å². The molecule has 2 aliphatic heterocycles. The number of nitrogens with zero attached hydrogens (tertiary/aromatic N) is 1. The summed E-state index contributed by atoms with van der Waals surface area (Å²) in [5.41, 5.74) is 3.08. The van der Waals surface area contributed by atoms with Crippen molar-refractivity contribution in [1.82, 2.24) is 4.90 Å². The van der Waals surface area contributed by atoms with Gasteiger partial charge in [-0.3, -0.25) is 4.90 Å². The lowest BCUT2D eigenvalue weighted by Crippen LogP contribution is -2.31.